The zero-order valence-electron chi connectivity index (χ0n) is 20.7. The minimum Gasteiger partial charge on any atom is -0.496 e. The second-order valence-electron chi connectivity index (χ2n) is 9.66. The van der Waals surface area contributed by atoms with Gasteiger partial charge in [0.2, 0.25) is 0 Å². The summed E-state index contributed by atoms with van der Waals surface area (Å²) >= 11 is 0. The summed E-state index contributed by atoms with van der Waals surface area (Å²) < 4.78 is 13.2. The SMILES string of the molecule is C/C=C/Cn1cc(-c2cc(OC)c(C(=O)N3CCC4CC(CC3)C4)cc2OC)c2cc[nH]c2c1=O. The molecule has 2 aromatic heterocycles. The number of nitrogens with one attached hydrogen (secondary N) is 1. The third kappa shape index (κ3) is 4.24. The monoisotopic (exact) mass is 475 g/mol. The van der Waals surface area contributed by atoms with E-state index in [9.17, 15) is 9.59 Å². The van der Waals surface area contributed by atoms with Crippen LogP contribution in [0.15, 0.2) is 47.5 Å². The van der Waals surface area contributed by atoms with Gasteiger partial charge in [0.05, 0.1) is 19.8 Å². The van der Waals surface area contributed by atoms with Crippen LogP contribution in [0.4, 0.5) is 0 Å². The summed E-state index contributed by atoms with van der Waals surface area (Å²) in [6.45, 7) is 3.95. The molecule has 3 aromatic rings. The predicted octanol–water partition coefficient (Wildman–Crippen LogP) is 4.85. The van der Waals surface area contributed by atoms with E-state index in [4.69, 9.17) is 9.47 Å². The molecule has 1 N–H and O–H groups in total. The molecule has 0 atom stereocenters. The van der Waals surface area contributed by atoms with Gasteiger partial charge in [-0.2, -0.15) is 0 Å². The van der Waals surface area contributed by atoms with Crippen LogP contribution < -0.4 is 15.0 Å². The van der Waals surface area contributed by atoms with Crippen LogP contribution in [-0.2, 0) is 6.54 Å². The number of ether oxygens (including phenoxy) is 2. The second-order valence-corrected chi connectivity index (χ2v) is 9.66. The van der Waals surface area contributed by atoms with E-state index >= 15 is 0 Å². The molecule has 1 aromatic carbocycles. The topological polar surface area (TPSA) is 76.6 Å². The van der Waals surface area contributed by atoms with Crippen LogP contribution >= 0.6 is 0 Å². The lowest BCUT2D eigenvalue weighted by atomic mass is 9.70. The zero-order chi connectivity index (χ0) is 24.5. The van der Waals surface area contributed by atoms with Crippen LogP contribution in [-0.4, -0.2) is 47.7 Å². The number of hydrogen-bond donors (Lipinski definition) is 1. The molecular weight excluding hydrogens is 442 g/mol. The number of methoxy groups -OCH3 is 2. The smallest absolute Gasteiger partial charge is 0.275 e. The van der Waals surface area contributed by atoms with E-state index in [2.05, 4.69) is 4.98 Å². The Kier molecular flexibility index (Phi) is 6.41. The molecule has 0 unspecified atom stereocenters. The lowest BCUT2D eigenvalue weighted by Crippen LogP contribution is -2.40. The Balaban J connectivity index is 1.58. The van der Waals surface area contributed by atoms with Crippen molar-refractivity contribution < 1.29 is 14.3 Å². The Labute approximate surface area is 205 Å². The Morgan fingerprint density at radius 1 is 1.09 bits per heavy atom. The summed E-state index contributed by atoms with van der Waals surface area (Å²) in [6, 6.07) is 5.54. The number of amides is 1. The average Bonchev–Trinajstić information content (AvgIpc) is 3.32. The van der Waals surface area contributed by atoms with Crippen molar-refractivity contribution in [2.75, 3.05) is 27.3 Å². The number of fused-ring (bicyclic) bond motifs is 5. The fourth-order valence-electron chi connectivity index (χ4n) is 5.55. The Bertz CT molecular complexity index is 1320. The highest BCUT2D eigenvalue weighted by molar-refractivity contribution is 6.01. The minimum atomic E-state index is -0.0836. The normalized spacial score (nSPS) is 19.9. The van der Waals surface area contributed by atoms with Gasteiger partial charge in [-0.05, 0) is 62.6 Å². The minimum absolute atomic E-state index is 0.0159. The van der Waals surface area contributed by atoms with E-state index in [0.717, 1.165) is 54.3 Å². The molecule has 35 heavy (non-hydrogen) atoms. The Hall–Kier alpha value is -3.48. The molecule has 7 heteroatoms. The van der Waals surface area contributed by atoms with Crippen LogP contribution in [0.25, 0.3) is 22.0 Å². The van der Waals surface area contributed by atoms with E-state index in [0.29, 0.717) is 29.1 Å². The maximum Gasteiger partial charge on any atom is 0.275 e. The maximum atomic E-state index is 13.6. The summed E-state index contributed by atoms with van der Waals surface area (Å²) in [4.78, 5) is 31.6. The van der Waals surface area contributed by atoms with Crippen LogP contribution in [0.3, 0.4) is 0 Å². The van der Waals surface area contributed by atoms with Gasteiger partial charge in [-0.3, -0.25) is 9.59 Å². The van der Waals surface area contributed by atoms with Crippen molar-refractivity contribution in [2.24, 2.45) is 11.8 Å². The van der Waals surface area contributed by atoms with Gasteiger partial charge < -0.3 is 23.9 Å². The average molecular weight is 476 g/mol. The maximum absolute atomic E-state index is 13.6. The lowest BCUT2D eigenvalue weighted by Gasteiger charge is -2.41. The summed E-state index contributed by atoms with van der Waals surface area (Å²) in [5.41, 5.74) is 2.57. The largest absolute Gasteiger partial charge is 0.496 e. The van der Waals surface area contributed by atoms with Gasteiger partial charge in [0, 0.05) is 48.5 Å². The van der Waals surface area contributed by atoms with E-state index in [1.54, 1.807) is 31.0 Å². The number of aromatic amines is 1. The second kappa shape index (κ2) is 9.64. The molecule has 2 aliphatic heterocycles. The number of carbonyl (C=O) groups is 1. The van der Waals surface area contributed by atoms with Gasteiger partial charge in [-0.15, -0.1) is 0 Å². The number of nitrogens with zero attached hydrogens (tertiary/aromatic N) is 2. The van der Waals surface area contributed by atoms with Crippen molar-refractivity contribution in [3.8, 4) is 22.6 Å². The Morgan fingerprint density at radius 2 is 1.80 bits per heavy atom. The highest BCUT2D eigenvalue weighted by Crippen LogP contribution is 2.42. The number of benzene rings is 1. The van der Waals surface area contributed by atoms with Crippen molar-refractivity contribution >= 4 is 16.8 Å². The molecule has 2 saturated heterocycles. The fourth-order valence-corrected chi connectivity index (χ4v) is 5.55. The number of carbonyl (C=O) groups excluding carboxylic acids is 1. The number of hydrogen-bond acceptors (Lipinski definition) is 4. The van der Waals surface area contributed by atoms with Crippen molar-refractivity contribution in [1.29, 1.82) is 0 Å². The first-order valence-electron chi connectivity index (χ1n) is 12.4. The van der Waals surface area contributed by atoms with E-state index in [1.165, 1.54) is 12.8 Å². The van der Waals surface area contributed by atoms with Crippen molar-refractivity contribution in [3.05, 3.63) is 58.7 Å². The summed E-state index contributed by atoms with van der Waals surface area (Å²) in [6.07, 6.45) is 12.2. The molecule has 184 valence electrons. The van der Waals surface area contributed by atoms with E-state index in [1.807, 2.05) is 42.3 Å². The number of allylic oxidation sites excluding steroid dienone is 2. The third-order valence-corrected chi connectivity index (χ3v) is 7.61. The van der Waals surface area contributed by atoms with E-state index < -0.39 is 0 Å². The zero-order valence-corrected chi connectivity index (χ0v) is 20.7. The molecule has 3 aliphatic rings. The summed E-state index contributed by atoms with van der Waals surface area (Å²) in [5.74, 6) is 2.58. The van der Waals surface area contributed by atoms with Crippen molar-refractivity contribution in [1.82, 2.24) is 14.5 Å². The molecule has 3 fully saturated rings. The number of aromatic nitrogens is 2. The molecule has 7 nitrogen and oxygen atoms in total. The summed E-state index contributed by atoms with van der Waals surface area (Å²) in [5, 5.41) is 0.800. The van der Waals surface area contributed by atoms with Crippen LogP contribution in [0.5, 0.6) is 11.5 Å². The van der Waals surface area contributed by atoms with Gasteiger partial charge in [-0.1, -0.05) is 12.2 Å². The molecule has 1 amide bonds. The molecule has 0 radical (unpaired) electrons. The molecule has 2 bridgehead atoms. The molecule has 4 heterocycles. The molecule has 1 aliphatic carbocycles. The first-order chi connectivity index (χ1) is 17.0. The Morgan fingerprint density at radius 3 is 2.46 bits per heavy atom. The molecular formula is C28H33N3O4. The number of pyridine rings is 1. The first-order valence-corrected chi connectivity index (χ1v) is 12.4. The van der Waals surface area contributed by atoms with Crippen LogP contribution in [0.2, 0.25) is 0 Å². The predicted molar refractivity (Wildman–Crippen MR) is 137 cm³/mol. The van der Waals surface area contributed by atoms with Crippen LogP contribution in [0, 0.1) is 11.8 Å². The number of rotatable bonds is 6. The van der Waals surface area contributed by atoms with Crippen LogP contribution in [0.1, 0.15) is 43.0 Å². The van der Waals surface area contributed by atoms with Gasteiger partial charge in [0.25, 0.3) is 11.5 Å². The molecule has 6 rings (SSSR count). The molecule has 1 saturated carbocycles. The summed E-state index contributed by atoms with van der Waals surface area (Å²) in [7, 11) is 3.19. The molecule has 0 spiro atoms. The lowest BCUT2D eigenvalue weighted by molar-refractivity contribution is 0.0597. The van der Waals surface area contributed by atoms with E-state index in [-0.39, 0.29) is 11.5 Å². The fraction of sp³-hybridized carbons (Fsp3) is 0.429. The first kappa shape index (κ1) is 23.3. The van der Waals surface area contributed by atoms with Crippen molar-refractivity contribution in [2.45, 2.75) is 39.2 Å². The quantitative estimate of drug-likeness (QED) is 0.517. The van der Waals surface area contributed by atoms with Gasteiger partial charge in [0.15, 0.2) is 0 Å². The highest BCUT2D eigenvalue weighted by Gasteiger charge is 2.33. The number of H-pyrrole nitrogens is 1. The standard InChI is InChI=1S/C28H33N3O4/c1-4-5-10-31-17-23(20-6-9-29-26(20)28(31)33)21-15-25(35-3)22(16-24(21)34-2)27(32)30-11-7-18-13-19(14-18)8-12-30/h4-6,9,15-19,29H,7-8,10-14H2,1-3H3/b5-4+. The third-order valence-electron chi connectivity index (χ3n) is 7.61. The van der Waals surface area contributed by atoms with Crippen molar-refractivity contribution in [3.63, 3.8) is 0 Å². The van der Waals surface area contributed by atoms with Gasteiger partial charge >= 0.3 is 0 Å². The van der Waals surface area contributed by atoms with Gasteiger partial charge in [-0.25, -0.2) is 0 Å². The highest BCUT2D eigenvalue weighted by atomic mass is 16.5. The van der Waals surface area contributed by atoms with Gasteiger partial charge in [0.1, 0.15) is 17.0 Å².